The fourth-order valence-electron chi connectivity index (χ4n) is 4.28. The fourth-order valence-corrected chi connectivity index (χ4v) is 5.56. The van der Waals surface area contributed by atoms with Crippen LogP contribution < -0.4 is 4.74 Å². The summed E-state index contributed by atoms with van der Waals surface area (Å²) in [6.07, 6.45) is 0.948. The highest BCUT2D eigenvalue weighted by Gasteiger charge is 2.34. The summed E-state index contributed by atoms with van der Waals surface area (Å²) >= 11 is 0. The Morgan fingerprint density at radius 2 is 1.97 bits per heavy atom. The smallest absolute Gasteiger partial charge is 0.309 e. The lowest BCUT2D eigenvalue weighted by Gasteiger charge is -2.35. The number of piperidine rings is 1. The quantitative estimate of drug-likeness (QED) is 0.510. The van der Waals surface area contributed by atoms with E-state index in [1.165, 1.54) is 0 Å². The lowest BCUT2D eigenvalue weighted by Crippen LogP contribution is -2.43. The van der Waals surface area contributed by atoms with Gasteiger partial charge in [-0.25, -0.2) is 8.51 Å². The summed E-state index contributed by atoms with van der Waals surface area (Å²) in [6, 6.07) is 14.6. The third-order valence-electron chi connectivity index (χ3n) is 5.83. The molecule has 0 spiro atoms. The van der Waals surface area contributed by atoms with E-state index in [-0.39, 0.29) is 12.5 Å². The monoisotopic (exact) mass is 496 g/mol. The topological polar surface area (TPSA) is 108 Å². The molecular weight excluding hydrogens is 464 g/mol. The van der Waals surface area contributed by atoms with E-state index in [9.17, 15) is 19.4 Å². The van der Waals surface area contributed by atoms with Crippen LogP contribution in [0.2, 0.25) is 0 Å². The zero-order valence-electron chi connectivity index (χ0n) is 20.6. The van der Waals surface area contributed by atoms with Crippen LogP contribution >= 0.6 is 0 Å². The minimum atomic E-state index is -1.47. The molecule has 2 heterocycles. The molecule has 1 aromatic heterocycles. The summed E-state index contributed by atoms with van der Waals surface area (Å²) in [4.78, 5) is 12.0. The maximum absolute atomic E-state index is 13.2. The van der Waals surface area contributed by atoms with Crippen molar-refractivity contribution in [2.24, 2.45) is 0 Å². The average Bonchev–Trinajstić information content (AvgIpc) is 3.21. The number of carboxylic acids is 1. The molecule has 3 unspecified atom stereocenters. The zero-order valence-corrected chi connectivity index (χ0v) is 21.4. The molecule has 4 rings (SSSR count). The van der Waals surface area contributed by atoms with E-state index in [2.05, 4.69) is 11.2 Å². The van der Waals surface area contributed by atoms with Gasteiger partial charge in [0.05, 0.1) is 41.2 Å². The Labute approximate surface area is 208 Å². The van der Waals surface area contributed by atoms with E-state index in [1.807, 2.05) is 50.6 Å². The Balaban J connectivity index is 0.00000167. The lowest BCUT2D eigenvalue weighted by molar-refractivity contribution is -0.136. The van der Waals surface area contributed by atoms with E-state index in [0.717, 1.165) is 16.5 Å². The number of aryl methyl sites for hydroxylation is 1. The van der Waals surface area contributed by atoms with Crippen LogP contribution in [0.3, 0.4) is 0 Å². The predicted molar refractivity (Wildman–Crippen MR) is 136 cm³/mol. The second-order valence-corrected chi connectivity index (χ2v) is 9.54. The minimum absolute atomic E-state index is 0.0879. The first-order chi connectivity index (χ1) is 16.9. The lowest BCUT2D eigenvalue weighted by atomic mass is 10.00. The Hall–Kier alpha value is -3.22. The van der Waals surface area contributed by atoms with E-state index < -0.39 is 23.0 Å². The van der Waals surface area contributed by atoms with Crippen molar-refractivity contribution in [3.63, 3.8) is 0 Å². The van der Waals surface area contributed by atoms with Gasteiger partial charge in [0.25, 0.3) is 0 Å². The van der Waals surface area contributed by atoms with Crippen molar-refractivity contribution in [2.75, 3.05) is 13.2 Å². The van der Waals surface area contributed by atoms with Gasteiger partial charge >= 0.3 is 5.97 Å². The average molecular weight is 497 g/mol. The molecule has 0 aliphatic carbocycles. The molecule has 1 aliphatic heterocycles. The van der Waals surface area contributed by atoms with Crippen molar-refractivity contribution in [3.8, 4) is 11.8 Å². The molecular formula is C26H32N4O4S. The number of benzene rings is 2. The van der Waals surface area contributed by atoms with Crippen LogP contribution in [0.5, 0.6) is 5.75 Å². The molecule has 1 aliphatic rings. The minimum Gasteiger partial charge on any atom is -0.494 e. The van der Waals surface area contributed by atoms with Gasteiger partial charge in [0.2, 0.25) is 0 Å². The van der Waals surface area contributed by atoms with Crippen molar-refractivity contribution >= 4 is 27.9 Å². The number of aromatic nitrogens is 2. The summed E-state index contributed by atoms with van der Waals surface area (Å²) in [6.45, 7) is 8.91. The van der Waals surface area contributed by atoms with Gasteiger partial charge < -0.3 is 9.84 Å². The van der Waals surface area contributed by atoms with Gasteiger partial charge in [-0.15, -0.1) is 0 Å². The van der Waals surface area contributed by atoms with Crippen LogP contribution in [-0.2, 0) is 22.2 Å². The van der Waals surface area contributed by atoms with E-state index >= 15 is 0 Å². The summed E-state index contributed by atoms with van der Waals surface area (Å²) in [5.41, 5.74) is 2.44. The molecule has 186 valence electrons. The van der Waals surface area contributed by atoms with Crippen LogP contribution in [0.1, 0.15) is 50.9 Å². The Morgan fingerprint density at radius 3 is 2.60 bits per heavy atom. The second-order valence-electron chi connectivity index (χ2n) is 8.10. The number of nitriles is 1. The molecule has 0 radical (unpaired) electrons. The van der Waals surface area contributed by atoms with Gasteiger partial charge in [0.15, 0.2) is 0 Å². The van der Waals surface area contributed by atoms with Gasteiger partial charge in [0.1, 0.15) is 22.8 Å². The number of carboxylic acid groups (broad SMARTS) is 1. The Bertz CT molecular complexity index is 1230. The van der Waals surface area contributed by atoms with E-state index in [1.54, 1.807) is 28.6 Å². The van der Waals surface area contributed by atoms with Crippen molar-refractivity contribution in [1.29, 1.82) is 5.26 Å². The molecule has 9 heteroatoms. The second kappa shape index (κ2) is 12.0. The van der Waals surface area contributed by atoms with Crippen molar-refractivity contribution in [1.82, 2.24) is 14.1 Å². The van der Waals surface area contributed by atoms with Crippen LogP contribution in [0, 0.1) is 18.3 Å². The molecule has 0 saturated carbocycles. The van der Waals surface area contributed by atoms with E-state index in [0.29, 0.717) is 42.3 Å². The summed E-state index contributed by atoms with van der Waals surface area (Å²) in [5, 5.41) is 24.6. The fraction of sp³-hybridized carbons (Fsp3) is 0.423. The van der Waals surface area contributed by atoms with Gasteiger partial charge in [-0.2, -0.15) is 10.4 Å². The van der Waals surface area contributed by atoms with Crippen LogP contribution in [0.4, 0.5) is 0 Å². The molecule has 1 N–H and O–H groups in total. The normalized spacial score (nSPS) is 18.8. The highest BCUT2D eigenvalue weighted by Crippen LogP contribution is 2.33. The molecule has 8 nitrogen and oxygen atoms in total. The Morgan fingerprint density at radius 1 is 1.26 bits per heavy atom. The maximum Gasteiger partial charge on any atom is 0.309 e. The summed E-state index contributed by atoms with van der Waals surface area (Å²) in [5.74, 6) is -0.218. The SMILES string of the molecule is CC.CCOc1ccc(S(=O)N2CCC(n3nc(CC(=O)O)c4ccc(C)cc43)CC2C#N)cc1. The maximum atomic E-state index is 13.2. The van der Waals surface area contributed by atoms with Crippen molar-refractivity contribution < 1.29 is 18.8 Å². The number of carbonyl (C=O) groups is 1. The van der Waals surface area contributed by atoms with Crippen molar-refractivity contribution in [3.05, 3.63) is 53.7 Å². The number of ether oxygens (including phenoxy) is 1. The van der Waals surface area contributed by atoms with Crippen LogP contribution in [-0.4, -0.2) is 48.6 Å². The van der Waals surface area contributed by atoms with Gasteiger partial charge in [0, 0.05) is 11.9 Å². The molecule has 1 fully saturated rings. The summed E-state index contributed by atoms with van der Waals surface area (Å²) < 4.78 is 22.3. The van der Waals surface area contributed by atoms with Gasteiger partial charge in [-0.1, -0.05) is 26.0 Å². The highest BCUT2D eigenvalue weighted by atomic mass is 32.2. The number of hydrogen-bond acceptors (Lipinski definition) is 5. The van der Waals surface area contributed by atoms with Crippen LogP contribution in [0.15, 0.2) is 47.4 Å². The predicted octanol–water partition coefficient (Wildman–Crippen LogP) is 4.65. The van der Waals surface area contributed by atoms with E-state index in [4.69, 9.17) is 4.74 Å². The third kappa shape index (κ3) is 5.89. The van der Waals surface area contributed by atoms with Crippen molar-refractivity contribution in [2.45, 2.75) is 63.9 Å². The summed E-state index contributed by atoms with van der Waals surface area (Å²) in [7, 11) is -1.47. The Kier molecular flexibility index (Phi) is 9.01. The number of rotatable bonds is 7. The third-order valence-corrected chi connectivity index (χ3v) is 7.37. The number of nitrogens with zero attached hydrogens (tertiary/aromatic N) is 4. The molecule has 3 aromatic rings. The zero-order chi connectivity index (χ0) is 25.5. The first-order valence-electron chi connectivity index (χ1n) is 11.9. The number of fused-ring (bicyclic) bond motifs is 1. The number of hydrogen-bond donors (Lipinski definition) is 1. The largest absolute Gasteiger partial charge is 0.494 e. The first kappa shape index (κ1) is 26.4. The molecule has 35 heavy (non-hydrogen) atoms. The molecule has 1 saturated heterocycles. The standard InChI is InChI=1S/C24H26N4O4S.C2H6/c1-3-32-19-5-7-20(8-6-19)33(31)27-11-10-17(13-18(27)15-25)28-23-12-16(2)4-9-21(23)22(26-28)14-24(29)30;1-2/h4-9,12,17-18H,3,10-11,13-14H2,1-2H3,(H,29,30);1-2H3. The molecule has 0 bridgehead atoms. The first-order valence-corrected chi connectivity index (χ1v) is 13.0. The molecule has 3 atom stereocenters. The number of aliphatic carboxylic acids is 1. The molecule has 0 amide bonds. The van der Waals surface area contributed by atoms with Gasteiger partial charge in [-0.05, 0) is 62.6 Å². The van der Waals surface area contributed by atoms with Gasteiger partial charge in [-0.3, -0.25) is 9.48 Å². The highest BCUT2D eigenvalue weighted by molar-refractivity contribution is 7.82. The molecule has 2 aromatic carbocycles. The van der Waals surface area contributed by atoms with Crippen LogP contribution in [0.25, 0.3) is 10.9 Å².